The van der Waals surface area contributed by atoms with Crippen LogP contribution in [0, 0.1) is 17.4 Å². The normalized spacial score (nSPS) is 19.7. The first-order valence-electron chi connectivity index (χ1n) is 11.3. The molecule has 0 unspecified atom stereocenters. The number of nitrogens with one attached hydrogen (secondary N) is 1. The van der Waals surface area contributed by atoms with Gasteiger partial charge in [-0.2, -0.15) is 0 Å². The molecule has 0 bridgehead atoms. The number of aryl methyl sites for hydroxylation is 2. The zero-order chi connectivity index (χ0) is 26.0. The topological polar surface area (TPSA) is 117 Å². The van der Waals surface area contributed by atoms with Gasteiger partial charge in [0.1, 0.15) is 25.0 Å². The van der Waals surface area contributed by atoms with Crippen molar-refractivity contribution < 1.29 is 25.2 Å². The van der Waals surface area contributed by atoms with Gasteiger partial charge in [0.25, 0.3) is 5.56 Å². The molecule has 4 rings (SSSR count). The van der Waals surface area contributed by atoms with E-state index in [1.54, 1.807) is 71.1 Å². The third-order valence-corrected chi connectivity index (χ3v) is 6.27. The highest BCUT2D eigenvalue weighted by molar-refractivity contribution is 14.1. The minimum absolute atomic E-state index is 0.0122. The van der Waals surface area contributed by atoms with Crippen LogP contribution in [0.5, 0.6) is 0 Å². The van der Waals surface area contributed by atoms with Crippen LogP contribution in [-0.4, -0.2) is 40.3 Å². The number of nitrogens with zero attached hydrogens (tertiary/aromatic N) is 1. The standard InChI is InChI=1S/C25H23IN2O7/c1-14-3-7-16(8-4-14)23(30)33-13-20-19(35-24(31)17-9-5-15(2)6-10-17)11-21(34-20)28-12-18(26)22(29)27-25(28)32/h3-10,12,19-21H,11,13H2,1-2H3,(H,27,29,32)/t19-,20+,21+/m0/s1/i12D,27+1,28+1. The van der Waals surface area contributed by atoms with Crippen molar-refractivity contribution in [3.63, 3.8) is 0 Å². The van der Waals surface area contributed by atoms with Gasteiger partial charge in [0.2, 0.25) is 0 Å². The van der Waals surface area contributed by atoms with Crippen molar-refractivity contribution in [1.82, 2.24) is 9.55 Å². The van der Waals surface area contributed by atoms with Crippen LogP contribution in [0.15, 0.2) is 64.3 Å². The smallest absolute Gasteiger partial charge is 0.338 e. The molecule has 0 spiro atoms. The third kappa shape index (κ3) is 5.88. The fourth-order valence-corrected chi connectivity index (χ4v) is 3.98. The molecule has 182 valence electrons. The molecule has 1 N–H and O–H groups in total. The average molecular weight is 593 g/mol. The van der Waals surface area contributed by atoms with Gasteiger partial charge in [-0.3, -0.25) is 14.3 Å². The number of carbonyl (C=O) groups is 2. The van der Waals surface area contributed by atoms with E-state index < -0.39 is 41.6 Å². The second-order valence-electron chi connectivity index (χ2n) is 8.19. The van der Waals surface area contributed by atoms with Crippen LogP contribution in [0.25, 0.3) is 0 Å². The van der Waals surface area contributed by atoms with Crippen molar-refractivity contribution >= 4 is 34.5 Å². The van der Waals surface area contributed by atoms with Gasteiger partial charge < -0.3 is 14.2 Å². The van der Waals surface area contributed by atoms with Gasteiger partial charge in [-0.15, -0.1) is 0 Å². The third-order valence-electron chi connectivity index (χ3n) is 5.54. The van der Waals surface area contributed by atoms with Crippen LogP contribution in [0.1, 0.15) is 45.9 Å². The van der Waals surface area contributed by atoms with E-state index in [4.69, 9.17) is 15.6 Å². The molecule has 35 heavy (non-hydrogen) atoms. The van der Waals surface area contributed by atoms with Crippen molar-refractivity contribution in [2.45, 2.75) is 38.7 Å². The van der Waals surface area contributed by atoms with Crippen molar-refractivity contribution in [2.24, 2.45) is 0 Å². The van der Waals surface area contributed by atoms with E-state index in [1.807, 2.05) is 13.8 Å². The summed E-state index contributed by atoms with van der Waals surface area (Å²) in [6.45, 7) is 3.54. The SMILES string of the molecule is [2H]c1c(I)c(=O)[15nH]c(=O)[15n]1[C@H]1C[C@H](OC(=O)c2ccc(C)cc2)[C@@H](COC(=O)c2ccc(C)cc2)O1. The Morgan fingerprint density at radius 3 is 2.23 bits per heavy atom. The fourth-order valence-electron chi connectivity index (χ4n) is 3.58. The minimum Gasteiger partial charge on any atom is -0.459 e. The lowest BCUT2D eigenvalue weighted by atomic mass is 10.1. The molecule has 0 radical (unpaired) electrons. The minimum atomic E-state index is -1.02. The molecule has 1 aliphatic rings. The van der Waals surface area contributed by atoms with Crippen molar-refractivity contribution in [1.29, 1.82) is 0 Å². The number of hydrogen-bond acceptors (Lipinski definition) is 7. The summed E-state index contributed by atoms with van der Waals surface area (Å²) >= 11 is 1.67. The Balaban J connectivity index is 1.56. The number of H-pyrrole nitrogens is 1. The van der Waals surface area contributed by atoms with Gasteiger partial charge in [-0.05, 0) is 60.7 Å². The summed E-state index contributed by atoms with van der Waals surface area (Å²) < 4.78 is 26.3. The van der Waals surface area contributed by atoms with Gasteiger partial charge in [0.15, 0.2) is 0 Å². The molecule has 2 aromatic carbocycles. The number of carbonyl (C=O) groups excluding carboxylic acids is 2. The van der Waals surface area contributed by atoms with Crippen molar-refractivity contribution in [2.75, 3.05) is 6.61 Å². The first kappa shape index (κ1) is 23.5. The van der Waals surface area contributed by atoms with Gasteiger partial charge >= 0.3 is 17.6 Å². The largest absolute Gasteiger partial charge is 0.459 e. The average Bonchev–Trinajstić information content (AvgIpc) is 3.23. The number of ether oxygens (including phenoxy) is 3. The molecule has 3 aromatic rings. The van der Waals surface area contributed by atoms with Crippen LogP contribution in [-0.2, 0) is 14.2 Å². The number of hydrogen-bond donors (Lipinski definition) is 1. The van der Waals surface area contributed by atoms with E-state index in [0.29, 0.717) is 11.1 Å². The lowest BCUT2D eigenvalue weighted by molar-refractivity contribution is -0.0583. The summed E-state index contributed by atoms with van der Waals surface area (Å²) in [6.07, 6.45) is -3.12. The number of rotatable bonds is 6. The lowest BCUT2D eigenvalue weighted by Crippen LogP contribution is -2.34. The molecule has 0 amide bonds. The van der Waals surface area contributed by atoms with E-state index in [0.717, 1.165) is 15.7 Å². The Kier molecular flexibility index (Phi) is 7.09. The van der Waals surface area contributed by atoms with Gasteiger partial charge in [0.05, 0.1) is 16.1 Å². The number of benzene rings is 2. The van der Waals surface area contributed by atoms with Crippen LogP contribution >= 0.6 is 22.6 Å². The van der Waals surface area contributed by atoms with Crippen LogP contribution < -0.4 is 11.2 Å². The molecule has 1 aromatic heterocycles. The molecular weight excluding hydrogens is 569 g/mol. The number of esters is 2. The maximum Gasteiger partial charge on any atom is 0.338 e. The van der Waals surface area contributed by atoms with Crippen LogP contribution in [0.4, 0.5) is 0 Å². The molecule has 3 atom stereocenters. The highest BCUT2D eigenvalue weighted by atomic mass is 127. The quantitative estimate of drug-likeness (QED) is 0.345. The maximum atomic E-state index is 12.8. The van der Waals surface area contributed by atoms with E-state index in [2.05, 4.69) is 4.98 Å². The van der Waals surface area contributed by atoms with Crippen molar-refractivity contribution in [3.05, 3.63) is 101 Å². The zero-order valence-electron chi connectivity index (χ0n) is 19.9. The first-order chi connectivity index (χ1) is 17.1. The first-order valence-corrected chi connectivity index (χ1v) is 11.9. The maximum absolute atomic E-state index is 12.8. The summed E-state index contributed by atoms with van der Waals surface area (Å²) in [7, 11) is 0. The summed E-state index contributed by atoms with van der Waals surface area (Å²) in [5.74, 6) is -1.18. The molecule has 10 heteroatoms. The number of aromatic nitrogens is 2. The summed E-state index contributed by atoms with van der Waals surface area (Å²) in [5, 5.41) is 0. The zero-order valence-corrected chi connectivity index (χ0v) is 21.1. The lowest BCUT2D eigenvalue weighted by Gasteiger charge is -2.19. The van der Waals surface area contributed by atoms with Gasteiger partial charge in [-0.25, -0.2) is 14.4 Å². The molecule has 9 nitrogen and oxygen atoms in total. The predicted octanol–water partition coefficient (Wildman–Crippen LogP) is 3.13. The predicted molar refractivity (Wildman–Crippen MR) is 134 cm³/mol. The van der Waals surface area contributed by atoms with E-state index in [9.17, 15) is 19.2 Å². The van der Waals surface area contributed by atoms with Gasteiger partial charge in [0, 0.05) is 12.6 Å². The summed E-state index contributed by atoms with van der Waals surface area (Å²) in [6, 6.07) is 13.7. The second kappa shape index (κ2) is 10.6. The molecule has 2 heterocycles. The Morgan fingerprint density at radius 2 is 1.63 bits per heavy atom. The highest BCUT2D eigenvalue weighted by Crippen LogP contribution is 2.31. The number of aromatic amines is 1. The van der Waals surface area contributed by atoms with Crippen LogP contribution in [0.3, 0.4) is 0 Å². The molecule has 1 fully saturated rings. The Bertz CT molecular complexity index is 1400. The molecule has 1 aliphatic heterocycles. The number of halogens is 1. The van der Waals surface area contributed by atoms with Crippen molar-refractivity contribution in [3.8, 4) is 0 Å². The van der Waals surface area contributed by atoms with Crippen LogP contribution in [0.2, 0.25) is 0 Å². The molecule has 1 saturated heterocycles. The van der Waals surface area contributed by atoms with E-state index >= 15 is 0 Å². The molecule has 0 aliphatic carbocycles. The summed E-state index contributed by atoms with van der Waals surface area (Å²) in [4.78, 5) is 51.8. The Morgan fingerprint density at radius 1 is 1.06 bits per heavy atom. The Labute approximate surface area is 215 Å². The molecular formula is C25H23IN2O7. The second-order valence-corrected chi connectivity index (χ2v) is 9.27. The van der Waals surface area contributed by atoms with E-state index in [-0.39, 0.29) is 22.8 Å². The summed E-state index contributed by atoms with van der Waals surface area (Å²) in [5.41, 5.74) is 1.15. The monoisotopic (exact) mass is 593 g/mol. The van der Waals surface area contributed by atoms with Gasteiger partial charge in [-0.1, -0.05) is 35.4 Å². The van der Waals surface area contributed by atoms with E-state index in [1.165, 1.54) is 0 Å². The fraction of sp³-hybridized carbons (Fsp3) is 0.280. The highest BCUT2D eigenvalue weighted by Gasteiger charge is 2.40. The Hall–Kier alpha value is -3.25. The molecule has 0 saturated carbocycles.